The molecule has 0 saturated carbocycles. The summed E-state index contributed by atoms with van der Waals surface area (Å²) in [6.45, 7) is 8.48. The summed E-state index contributed by atoms with van der Waals surface area (Å²) in [6.07, 6.45) is -4.90. The Hall–Kier alpha value is -2.06. The van der Waals surface area contributed by atoms with Crippen molar-refractivity contribution in [2.24, 2.45) is 0 Å². The monoisotopic (exact) mass is 346 g/mol. The van der Waals surface area contributed by atoms with Crippen LogP contribution < -0.4 is 4.90 Å². The number of hydrogen-bond acceptors (Lipinski definition) is 5. The number of nitrogens with zero attached hydrogens (tertiary/aromatic N) is 4. The van der Waals surface area contributed by atoms with Crippen LogP contribution in [0.4, 0.5) is 23.8 Å². The molecule has 1 fully saturated rings. The molecular weight excluding hydrogens is 325 g/mol. The molecule has 1 saturated heterocycles. The molecule has 1 amide bonds. The molecule has 0 N–H and O–H groups in total. The smallest absolute Gasteiger partial charge is 0.435 e. The first kappa shape index (κ1) is 18.3. The van der Waals surface area contributed by atoms with Gasteiger partial charge in [-0.1, -0.05) is 0 Å². The Morgan fingerprint density at radius 1 is 1.12 bits per heavy atom. The molecule has 24 heavy (non-hydrogen) atoms. The van der Waals surface area contributed by atoms with Gasteiger partial charge in [0.05, 0.1) is 0 Å². The summed E-state index contributed by atoms with van der Waals surface area (Å²) in [5.41, 5.74) is -1.51. The average molecular weight is 346 g/mol. The number of aryl methyl sites for hydroxylation is 1. The third-order valence-electron chi connectivity index (χ3n) is 3.50. The van der Waals surface area contributed by atoms with Crippen molar-refractivity contribution in [3.8, 4) is 0 Å². The molecule has 1 aliphatic heterocycles. The summed E-state index contributed by atoms with van der Waals surface area (Å²) >= 11 is 0. The molecule has 134 valence electrons. The van der Waals surface area contributed by atoms with Crippen LogP contribution in [0.25, 0.3) is 0 Å². The van der Waals surface area contributed by atoms with Crippen LogP contribution in [0.3, 0.4) is 0 Å². The van der Waals surface area contributed by atoms with Crippen molar-refractivity contribution in [3.05, 3.63) is 17.3 Å². The molecule has 1 aromatic heterocycles. The Bertz CT molecular complexity index is 606. The van der Waals surface area contributed by atoms with Gasteiger partial charge in [-0.05, 0) is 39.3 Å². The Kier molecular flexibility index (Phi) is 4.91. The summed E-state index contributed by atoms with van der Waals surface area (Å²) in [4.78, 5) is 15.4. The number of ether oxygens (including phenoxy) is 1. The number of rotatable bonds is 1. The average Bonchev–Trinajstić information content (AvgIpc) is 2.44. The molecule has 0 aliphatic carbocycles. The highest BCUT2D eigenvalue weighted by Gasteiger charge is 2.35. The number of halogens is 3. The quantitative estimate of drug-likeness (QED) is 0.783. The maximum atomic E-state index is 12.7. The van der Waals surface area contributed by atoms with Gasteiger partial charge in [0, 0.05) is 26.2 Å². The predicted molar refractivity (Wildman–Crippen MR) is 81.8 cm³/mol. The first-order valence-corrected chi connectivity index (χ1v) is 7.62. The highest BCUT2D eigenvalue weighted by molar-refractivity contribution is 5.68. The summed E-state index contributed by atoms with van der Waals surface area (Å²) in [7, 11) is 0. The lowest BCUT2D eigenvalue weighted by Crippen LogP contribution is -2.50. The number of carbonyl (C=O) groups excluding carboxylic acids is 1. The van der Waals surface area contributed by atoms with Crippen LogP contribution in [0.15, 0.2) is 6.07 Å². The molecule has 0 spiro atoms. The summed E-state index contributed by atoms with van der Waals surface area (Å²) in [5, 5.41) is 6.99. The zero-order chi connectivity index (χ0) is 18.1. The second kappa shape index (κ2) is 6.45. The second-order valence-electron chi connectivity index (χ2n) is 6.69. The van der Waals surface area contributed by atoms with Crippen LogP contribution in [-0.2, 0) is 10.9 Å². The molecule has 2 heterocycles. The SMILES string of the molecule is Cc1cc(N2CCN(C(=O)OC(C)(C)C)CC2)nnc1C(F)(F)F. The fraction of sp³-hybridized carbons (Fsp3) is 0.667. The van der Waals surface area contributed by atoms with E-state index in [-0.39, 0.29) is 5.56 Å². The Morgan fingerprint density at radius 2 is 1.71 bits per heavy atom. The lowest BCUT2D eigenvalue weighted by atomic mass is 10.2. The number of carbonyl (C=O) groups is 1. The Morgan fingerprint density at radius 3 is 2.17 bits per heavy atom. The van der Waals surface area contributed by atoms with Gasteiger partial charge in [0.2, 0.25) is 0 Å². The minimum absolute atomic E-state index is 0.0297. The molecule has 0 bridgehead atoms. The molecule has 6 nitrogen and oxygen atoms in total. The maximum absolute atomic E-state index is 12.7. The predicted octanol–water partition coefficient (Wildman–Crippen LogP) is 2.86. The van der Waals surface area contributed by atoms with Gasteiger partial charge in [-0.2, -0.15) is 13.2 Å². The molecule has 0 aromatic carbocycles. The van der Waals surface area contributed by atoms with Crippen molar-refractivity contribution in [1.29, 1.82) is 0 Å². The number of aromatic nitrogens is 2. The van der Waals surface area contributed by atoms with Gasteiger partial charge in [0.15, 0.2) is 11.5 Å². The van der Waals surface area contributed by atoms with E-state index >= 15 is 0 Å². The fourth-order valence-electron chi connectivity index (χ4n) is 2.35. The van der Waals surface area contributed by atoms with Gasteiger partial charge in [0.1, 0.15) is 5.60 Å². The van der Waals surface area contributed by atoms with Gasteiger partial charge in [-0.3, -0.25) is 0 Å². The van der Waals surface area contributed by atoms with E-state index in [2.05, 4.69) is 10.2 Å². The number of piperazine rings is 1. The standard InChI is InChI=1S/C15H21F3N4O2/c1-10-9-11(19-20-12(10)15(16,17)18)21-5-7-22(8-6-21)13(23)24-14(2,3)4/h9H,5-8H2,1-4H3. The minimum atomic E-state index is -4.51. The van der Waals surface area contributed by atoms with Crippen LogP contribution in [0.1, 0.15) is 32.0 Å². The topological polar surface area (TPSA) is 58.6 Å². The van der Waals surface area contributed by atoms with Crippen LogP contribution in [0, 0.1) is 6.92 Å². The van der Waals surface area contributed by atoms with Gasteiger partial charge in [-0.25, -0.2) is 4.79 Å². The van der Waals surface area contributed by atoms with E-state index < -0.39 is 23.6 Å². The van der Waals surface area contributed by atoms with E-state index in [0.29, 0.717) is 32.0 Å². The van der Waals surface area contributed by atoms with Crippen molar-refractivity contribution in [2.45, 2.75) is 39.5 Å². The zero-order valence-corrected chi connectivity index (χ0v) is 14.1. The van der Waals surface area contributed by atoms with Gasteiger partial charge in [-0.15, -0.1) is 10.2 Å². The van der Waals surface area contributed by atoms with Crippen molar-refractivity contribution in [3.63, 3.8) is 0 Å². The Balaban J connectivity index is 2.00. The lowest BCUT2D eigenvalue weighted by molar-refractivity contribution is -0.142. The highest BCUT2D eigenvalue weighted by atomic mass is 19.4. The normalized spacial score (nSPS) is 16.3. The number of anilines is 1. The molecule has 1 aliphatic rings. The third-order valence-corrected chi connectivity index (χ3v) is 3.50. The van der Waals surface area contributed by atoms with Crippen LogP contribution in [0.5, 0.6) is 0 Å². The van der Waals surface area contributed by atoms with Crippen molar-refractivity contribution in [1.82, 2.24) is 15.1 Å². The minimum Gasteiger partial charge on any atom is -0.444 e. The summed E-state index contributed by atoms with van der Waals surface area (Å²) < 4.78 is 43.5. The Labute approximate surface area is 138 Å². The van der Waals surface area contributed by atoms with E-state index in [9.17, 15) is 18.0 Å². The van der Waals surface area contributed by atoms with Crippen molar-refractivity contribution >= 4 is 11.9 Å². The van der Waals surface area contributed by atoms with Gasteiger partial charge in [0.25, 0.3) is 0 Å². The molecular formula is C15H21F3N4O2. The largest absolute Gasteiger partial charge is 0.444 e. The number of amides is 1. The van der Waals surface area contributed by atoms with Crippen molar-refractivity contribution < 1.29 is 22.7 Å². The molecule has 0 unspecified atom stereocenters. The van der Waals surface area contributed by atoms with E-state index in [4.69, 9.17) is 4.74 Å². The third kappa shape index (κ3) is 4.48. The molecule has 9 heteroatoms. The van der Waals surface area contributed by atoms with Crippen LogP contribution >= 0.6 is 0 Å². The maximum Gasteiger partial charge on any atom is 0.435 e. The summed E-state index contributed by atoms with van der Waals surface area (Å²) in [5.74, 6) is 0.379. The van der Waals surface area contributed by atoms with Crippen LogP contribution in [-0.4, -0.2) is 53.0 Å². The van der Waals surface area contributed by atoms with Crippen molar-refractivity contribution in [2.75, 3.05) is 31.1 Å². The molecule has 0 radical (unpaired) electrons. The molecule has 1 aromatic rings. The van der Waals surface area contributed by atoms with Crippen LogP contribution in [0.2, 0.25) is 0 Å². The van der Waals surface area contributed by atoms with E-state index in [1.807, 2.05) is 0 Å². The van der Waals surface area contributed by atoms with E-state index in [1.54, 1.807) is 30.6 Å². The lowest BCUT2D eigenvalue weighted by Gasteiger charge is -2.36. The van der Waals surface area contributed by atoms with Gasteiger partial charge >= 0.3 is 12.3 Å². The molecule has 2 rings (SSSR count). The first-order chi connectivity index (χ1) is 11.0. The highest BCUT2D eigenvalue weighted by Crippen LogP contribution is 2.30. The van der Waals surface area contributed by atoms with E-state index in [0.717, 1.165) is 0 Å². The number of hydrogen-bond donors (Lipinski definition) is 0. The number of alkyl halides is 3. The molecule has 0 atom stereocenters. The van der Waals surface area contributed by atoms with Gasteiger partial charge < -0.3 is 14.5 Å². The second-order valence-corrected chi connectivity index (χ2v) is 6.69. The summed E-state index contributed by atoms with van der Waals surface area (Å²) in [6, 6.07) is 1.37. The van der Waals surface area contributed by atoms with E-state index in [1.165, 1.54) is 13.0 Å². The zero-order valence-electron chi connectivity index (χ0n) is 14.1. The first-order valence-electron chi connectivity index (χ1n) is 7.62. The fourth-order valence-corrected chi connectivity index (χ4v) is 2.35.